The maximum absolute atomic E-state index is 11.6. The van der Waals surface area contributed by atoms with E-state index in [-0.39, 0.29) is 18.4 Å². The number of amides is 1. The molecule has 6 heteroatoms. The Morgan fingerprint density at radius 2 is 2.41 bits per heavy atom. The van der Waals surface area contributed by atoms with Crippen LogP contribution < -0.4 is 15.4 Å². The van der Waals surface area contributed by atoms with Gasteiger partial charge in [-0.15, -0.1) is 11.6 Å². The molecule has 2 N–H and O–H groups in total. The van der Waals surface area contributed by atoms with Gasteiger partial charge in [-0.2, -0.15) is 0 Å². The molecule has 0 saturated carbocycles. The number of nitrogens with two attached hydrogens (primary N) is 1. The van der Waals surface area contributed by atoms with Crippen LogP contribution in [0, 0.1) is 0 Å². The molecule has 1 aromatic rings. The van der Waals surface area contributed by atoms with Crippen LogP contribution in [0.5, 0.6) is 5.75 Å². The summed E-state index contributed by atoms with van der Waals surface area (Å²) in [6.45, 7) is 0.0433. The summed E-state index contributed by atoms with van der Waals surface area (Å²) >= 11 is 5.58. The summed E-state index contributed by atoms with van der Waals surface area (Å²) in [5.74, 6) is 0.939. The van der Waals surface area contributed by atoms with Gasteiger partial charge in [0.05, 0.1) is 11.6 Å². The number of anilines is 1. The van der Waals surface area contributed by atoms with Crippen molar-refractivity contribution < 1.29 is 9.53 Å². The number of carbonyl (C=O) groups excluding carboxylic acids is 1. The molecule has 1 aliphatic heterocycles. The van der Waals surface area contributed by atoms with Crippen LogP contribution in [-0.4, -0.2) is 31.3 Å². The number of likely N-dealkylation sites (N-methyl/N-ethyl adjacent to an activating group) is 1. The van der Waals surface area contributed by atoms with E-state index in [2.05, 4.69) is 4.99 Å². The van der Waals surface area contributed by atoms with Gasteiger partial charge in [0.15, 0.2) is 6.61 Å². The van der Waals surface area contributed by atoms with Gasteiger partial charge >= 0.3 is 0 Å². The number of para-hydroxylation sites is 1. The normalized spacial score (nSPS) is 15.5. The molecular formula is C11H12ClN3O2. The zero-order valence-electron chi connectivity index (χ0n) is 9.31. The fraction of sp³-hybridized carbons (Fsp3) is 0.273. The lowest BCUT2D eigenvalue weighted by Crippen LogP contribution is -2.35. The predicted molar refractivity (Wildman–Crippen MR) is 67.3 cm³/mol. The molecular weight excluding hydrogens is 242 g/mol. The average molecular weight is 254 g/mol. The van der Waals surface area contributed by atoms with E-state index in [0.717, 1.165) is 0 Å². The summed E-state index contributed by atoms with van der Waals surface area (Å²) < 4.78 is 5.33. The molecule has 90 valence electrons. The Balaban J connectivity index is 2.52. The Bertz CT molecular complexity index is 488. The van der Waals surface area contributed by atoms with E-state index in [9.17, 15) is 4.79 Å². The van der Waals surface area contributed by atoms with Crippen molar-refractivity contribution in [2.45, 2.75) is 0 Å². The summed E-state index contributed by atoms with van der Waals surface area (Å²) in [5, 5.41) is 0. The fourth-order valence-electron chi connectivity index (χ4n) is 1.60. The van der Waals surface area contributed by atoms with E-state index in [1.165, 1.54) is 4.90 Å². The molecule has 0 unspecified atom stereocenters. The molecule has 0 radical (unpaired) electrons. The first-order chi connectivity index (χ1) is 8.13. The predicted octanol–water partition coefficient (Wildman–Crippen LogP) is 1.27. The number of rotatable bonds is 2. The SMILES string of the molecule is CN1C(=O)COc2cccc(N=C(N)CCl)c21. The zero-order valence-corrected chi connectivity index (χ0v) is 10.1. The minimum Gasteiger partial charge on any atom is -0.481 e. The molecule has 0 atom stereocenters. The van der Waals surface area contributed by atoms with Gasteiger partial charge in [-0.3, -0.25) is 4.79 Å². The number of amidine groups is 1. The summed E-state index contributed by atoms with van der Waals surface area (Å²) in [4.78, 5) is 17.2. The van der Waals surface area contributed by atoms with E-state index in [1.807, 2.05) is 0 Å². The van der Waals surface area contributed by atoms with E-state index < -0.39 is 0 Å². The van der Waals surface area contributed by atoms with Gasteiger partial charge in [-0.25, -0.2) is 4.99 Å². The molecule has 0 fully saturated rings. The number of hydrogen-bond acceptors (Lipinski definition) is 3. The van der Waals surface area contributed by atoms with Crippen LogP contribution in [0.4, 0.5) is 11.4 Å². The standard InChI is InChI=1S/C11H12ClN3O2/c1-15-10(16)6-17-8-4-2-3-7(11(8)15)14-9(13)5-12/h2-4H,5-6H2,1H3,(H2,13,14). The quantitative estimate of drug-likeness (QED) is 0.490. The van der Waals surface area contributed by atoms with Gasteiger partial charge in [0, 0.05) is 7.05 Å². The van der Waals surface area contributed by atoms with Gasteiger partial charge in [0.2, 0.25) is 0 Å². The molecule has 0 saturated heterocycles. The number of ether oxygens (including phenoxy) is 1. The molecule has 1 amide bonds. The molecule has 0 aliphatic carbocycles. The van der Waals surface area contributed by atoms with Crippen molar-refractivity contribution in [2.75, 3.05) is 24.4 Å². The number of fused-ring (bicyclic) bond motifs is 1. The number of nitrogens with zero attached hydrogens (tertiary/aromatic N) is 2. The number of alkyl halides is 1. The maximum atomic E-state index is 11.6. The second kappa shape index (κ2) is 4.63. The van der Waals surface area contributed by atoms with Crippen LogP contribution in [0.1, 0.15) is 0 Å². The Morgan fingerprint density at radius 1 is 1.65 bits per heavy atom. The van der Waals surface area contributed by atoms with Crippen molar-refractivity contribution in [3.63, 3.8) is 0 Å². The molecule has 17 heavy (non-hydrogen) atoms. The third kappa shape index (κ3) is 2.19. The van der Waals surface area contributed by atoms with Crippen molar-refractivity contribution >= 4 is 34.7 Å². The molecule has 2 rings (SSSR count). The van der Waals surface area contributed by atoms with Crippen molar-refractivity contribution in [1.82, 2.24) is 0 Å². The highest BCUT2D eigenvalue weighted by Gasteiger charge is 2.24. The summed E-state index contributed by atoms with van der Waals surface area (Å²) in [6, 6.07) is 5.34. The van der Waals surface area contributed by atoms with Crippen LogP contribution in [-0.2, 0) is 4.79 Å². The Kier molecular flexibility index (Phi) is 3.19. The first-order valence-electron chi connectivity index (χ1n) is 5.05. The van der Waals surface area contributed by atoms with E-state index >= 15 is 0 Å². The second-order valence-corrected chi connectivity index (χ2v) is 3.87. The van der Waals surface area contributed by atoms with Crippen molar-refractivity contribution in [2.24, 2.45) is 10.7 Å². The number of aliphatic imine (C=N–C) groups is 1. The lowest BCUT2D eigenvalue weighted by Gasteiger charge is -2.27. The first kappa shape index (κ1) is 11.7. The highest BCUT2D eigenvalue weighted by Crippen LogP contribution is 2.39. The van der Waals surface area contributed by atoms with Crippen LogP contribution >= 0.6 is 11.6 Å². The molecule has 0 bridgehead atoms. The first-order valence-corrected chi connectivity index (χ1v) is 5.58. The zero-order chi connectivity index (χ0) is 12.4. The maximum Gasteiger partial charge on any atom is 0.264 e. The topological polar surface area (TPSA) is 67.9 Å². The fourth-order valence-corrected chi connectivity index (χ4v) is 1.66. The lowest BCUT2D eigenvalue weighted by atomic mass is 10.2. The van der Waals surface area contributed by atoms with Crippen molar-refractivity contribution in [1.29, 1.82) is 0 Å². The molecule has 1 aromatic carbocycles. The molecule has 1 heterocycles. The highest BCUT2D eigenvalue weighted by atomic mass is 35.5. The minimum absolute atomic E-state index is 0.0433. The second-order valence-electron chi connectivity index (χ2n) is 3.60. The lowest BCUT2D eigenvalue weighted by molar-refractivity contribution is -0.120. The van der Waals surface area contributed by atoms with E-state index in [4.69, 9.17) is 22.1 Å². The molecule has 1 aliphatic rings. The van der Waals surface area contributed by atoms with Gasteiger partial charge < -0.3 is 15.4 Å². The molecule has 5 nitrogen and oxygen atoms in total. The van der Waals surface area contributed by atoms with Crippen LogP contribution in [0.3, 0.4) is 0 Å². The van der Waals surface area contributed by atoms with Gasteiger partial charge in [0.25, 0.3) is 5.91 Å². The Morgan fingerprint density at radius 3 is 3.12 bits per heavy atom. The van der Waals surface area contributed by atoms with E-state index in [1.54, 1.807) is 25.2 Å². The van der Waals surface area contributed by atoms with Gasteiger partial charge in [-0.1, -0.05) is 6.07 Å². The van der Waals surface area contributed by atoms with Crippen molar-refractivity contribution in [3.05, 3.63) is 18.2 Å². The Hall–Kier alpha value is -1.75. The van der Waals surface area contributed by atoms with Crippen LogP contribution in [0.25, 0.3) is 0 Å². The average Bonchev–Trinajstić information content (AvgIpc) is 2.34. The minimum atomic E-state index is -0.121. The Labute approximate surface area is 104 Å². The number of hydrogen-bond donors (Lipinski definition) is 1. The summed E-state index contributed by atoms with van der Waals surface area (Å²) in [7, 11) is 1.68. The van der Waals surface area contributed by atoms with Crippen molar-refractivity contribution in [3.8, 4) is 5.75 Å². The monoisotopic (exact) mass is 253 g/mol. The number of benzene rings is 1. The molecule has 0 aromatic heterocycles. The summed E-state index contributed by atoms with van der Waals surface area (Å²) in [5.41, 5.74) is 6.79. The third-order valence-electron chi connectivity index (χ3n) is 2.44. The number of halogens is 1. The smallest absolute Gasteiger partial charge is 0.264 e. The summed E-state index contributed by atoms with van der Waals surface area (Å²) in [6.07, 6.45) is 0. The van der Waals surface area contributed by atoms with E-state index in [0.29, 0.717) is 23.0 Å². The van der Waals surface area contributed by atoms with Crippen LogP contribution in [0.15, 0.2) is 23.2 Å². The van der Waals surface area contributed by atoms with Gasteiger partial charge in [-0.05, 0) is 12.1 Å². The number of carbonyl (C=O) groups is 1. The van der Waals surface area contributed by atoms with Gasteiger partial charge in [0.1, 0.15) is 17.3 Å². The van der Waals surface area contributed by atoms with Crippen LogP contribution in [0.2, 0.25) is 0 Å². The largest absolute Gasteiger partial charge is 0.481 e. The molecule has 0 spiro atoms. The highest BCUT2D eigenvalue weighted by molar-refractivity contribution is 6.28. The third-order valence-corrected chi connectivity index (χ3v) is 2.71.